The van der Waals surface area contributed by atoms with Crippen LogP contribution in [0.2, 0.25) is 0 Å². The Labute approximate surface area is 75.9 Å². The minimum Gasteiger partial charge on any atom is -0.377 e. The second-order valence-corrected chi connectivity index (χ2v) is 3.81. The molecule has 0 bridgehead atoms. The van der Waals surface area contributed by atoms with E-state index in [2.05, 4.69) is 25.7 Å². The third kappa shape index (κ3) is 2.76. The summed E-state index contributed by atoms with van der Waals surface area (Å²) >= 11 is 0. The van der Waals surface area contributed by atoms with Crippen molar-refractivity contribution in [3.05, 3.63) is 0 Å². The van der Waals surface area contributed by atoms with E-state index in [1.165, 1.54) is 25.9 Å². The maximum absolute atomic E-state index is 5.62. The minimum absolute atomic E-state index is 0.379. The summed E-state index contributed by atoms with van der Waals surface area (Å²) in [4.78, 5) is 2.52. The summed E-state index contributed by atoms with van der Waals surface area (Å²) in [5, 5.41) is 0. The number of hydrogen-bond acceptors (Lipinski definition) is 2. The summed E-state index contributed by atoms with van der Waals surface area (Å²) in [5.41, 5.74) is 0. The lowest BCUT2D eigenvalue weighted by Gasteiger charge is -2.23. The normalized spacial score (nSPS) is 25.5. The fourth-order valence-electron chi connectivity index (χ4n) is 1.80. The van der Waals surface area contributed by atoms with Crippen molar-refractivity contribution in [2.75, 3.05) is 19.7 Å². The highest BCUT2D eigenvalue weighted by Gasteiger charge is 2.22. The molecule has 1 atom stereocenters. The molecule has 1 rings (SSSR count). The van der Waals surface area contributed by atoms with Gasteiger partial charge >= 0.3 is 0 Å². The predicted octanol–water partition coefficient (Wildman–Crippen LogP) is 1.90. The van der Waals surface area contributed by atoms with E-state index in [1.807, 2.05) is 0 Å². The molecule has 1 saturated heterocycles. The maximum Gasteiger partial charge on any atom is 0.0625 e. The van der Waals surface area contributed by atoms with E-state index < -0.39 is 0 Å². The second-order valence-electron chi connectivity index (χ2n) is 3.81. The summed E-state index contributed by atoms with van der Waals surface area (Å²) < 4.78 is 5.62. The van der Waals surface area contributed by atoms with Crippen LogP contribution in [-0.4, -0.2) is 36.7 Å². The molecular formula is C10H21NO. The molecule has 0 aromatic heterocycles. The van der Waals surface area contributed by atoms with E-state index >= 15 is 0 Å². The average Bonchev–Trinajstić information content (AvgIpc) is 2.47. The van der Waals surface area contributed by atoms with Gasteiger partial charge in [-0.3, -0.25) is 4.90 Å². The zero-order valence-corrected chi connectivity index (χ0v) is 8.55. The lowest BCUT2D eigenvalue weighted by atomic mass is 10.2. The van der Waals surface area contributed by atoms with Gasteiger partial charge in [-0.2, -0.15) is 0 Å². The number of hydrogen-bond donors (Lipinski definition) is 0. The molecule has 0 aromatic carbocycles. The Morgan fingerprint density at radius 2 is 2.25 bits per heavy atom. The minimum atomic E-state index is 0.379. The Hall–Kier alpha value is -0.0800. The van der Waals surface area contributed by atoms with Crippen LogP contribution in [0, 0.1) is 0 Å². The zero-order chi connectivity index (χ0) is 8.97. The molecule has 72 valence electrons. The smallest absolute Gasteiger partial charge is 0.0625 e. The first kappa shape index (κ1) is 10.0. The summed E-state index contributed by atoms with van der Waals surface area (Å²) in [6.45, 7) is 9.80. The monoisotopic (exact) mass is 171 g/mol. The Morgan fingerprint density at radius 3 is 2.83 bits per heavy atom. The summed E-state index contributed by atoms with van der Waals surface area (Å²) in [6.07, 6.45) is 3.05. The fourth-order valence-corrected chi connectivity index (χ4v) is 1.80. The van der Waals surface area contributed by atoms with Crippen molar-refractivity contribution in [2.24, 2.45) is 0 Å². The average molecular weight is 171 g/mol. The van der Waals surface area contributed by atoms with E-state index in [4.69, 9.17) is 4.74 Å². The molecule has 12 heavy (non-hydrogen) atoms. The van der Waals surface area contributed by atoms with Crippen molar-refractivity contribution in [2.45, 2.75) is 45.8 Å². The van der Waals surface area contributed by atoms with Crippen LogP contribution in [0.5, 0.6) is 0 Å². The van der Waals surface area contributed by atoms with Crippen LogP contribution in [0.25, 0.3) is 0 Å². The molecule has 0 aliphatic carbocycles. The van der Waals surface area contributed by atoms with Gasteiger partial charge in [0.15, 0.2) is 0 Å². The van der Waals surface area contributed by atoms with E-state index in [9.17, 15) is 0 Å². The molecule has 0 N–H and O–H groups in total. The van der Waals surface area contributed by atoms with Crippen LogP contribution in [0.4, 0.5) is 0 Å². The first-order chi connectivity index (χ1) is 5.74. The van der Waals surface area contributed by atoms with Crippen LogP contribution >= 0.6 is 0 Å². The molecule has 1 fully saturated rings. The summed E-state index contributed by atoms with van der Waals surface area (Å²) in [6, 6.07) is 0.692. The Bertz CT molecular complexity index is 125. The van der Waals surface area contributed by atoms with Crippen LogP contribution in [0.15, 0.2) is 0 Å². The van der Waals surface area contributed by atoms with Crippen LogP contribution in [0.3, 0.4) is 0 Å². The molecule has 0 spiro atoms. The molecule has 0 aromatic rings. The Balaban J connectivity index is 2.21. The van der Waals surface area contributed by atoms with Gasteiger partial charge in [0.05, 0.1) is 12.7 Å². The zero-order valence-electron chi connectivity index (χ0n) is 8.55. The second kappa shape index (κ2) is 4.83. The lowest BCUT2D eigenvalue weighted by Crippen LogP contribution is -2.33. The van der Waals surface area contributed by atoms with E-state index in [0.29, 0.717) is 12.1 Å². The number of likely N-dealkylation sites (tertiary alicyclic amines) is 1. The van der Waals surface area contributed by atoms with Crippen LogP contribution in [0.1, 0.15) is 33.6 Å². The van der Waals surface area contributed by atoms with Crippen molar-refractivity contribution in [3.8, 4) is 0 Å². The van der Waals surface area contributed by atoms with Gasteiger partial charge in [-0.1, -0.05) is 6.92 Å². The van der Waals surface area contributed by atoms with Gasteiger partial charge in [-0.25, -0.2) is 0 Å². The molecule has 1 heterocycles. The number of likely N-dealkylation sites (N-methyl/N-ethyl adjacent to an activating group) is 1. The molecule has 1 aliphatic heterocycles. The van der Waals surface area contributed by atoms with E-state index in [1.54, 1.807) is 0 Å². The Morgan fingerprint density at radius 1 is 1.50 bits per heavy atom. The molecule has 2 heteroatoms. The molecule has 1 unspecified atom stereocenters. The van der Waals surface area contributed by atoms with E-state index in [-0.39, 0.29) is 0 Å². The van der Waals surface area contributed by atoms with E-state index in [0.717, 1.165) is 6.61 Å². The molecule has 0 amide bonds. The van der Waals surface area contributed by atoms with Crippen molar-refractivity contribution >= 4 is 0 Å². The Kier molecular flexibility index (Phi) is 4.02. The lowest BCUT2D eigenvalue weighted by molar-refractivity contribution is 0.0386. The SMILES string of the molecule is CCN1CCCC1COC(C)C. The highest BCUT2D eigenvalue weighted by Crippen LogP contribution is 2.16. The molecule has 1 aliphatic rings. The molecule has 0 saturated carbocycles. The molecular weight excluding hydrogens is 150 g/mol. The highest BCUT2D eigenvalue weighted by atomic mass is 16.5. The third-order valence-electron chi connectivity index (χ3n) is 2.53. The van der Waals surface area contributed by atoms with Crippen LogP contribution < -0.4 is 0 Å². The first-order valence-electron chi connectivity index (χ1n) is 5.09. The standard InChI is InChI=1S/C10H21NO/c1-4-11-7-5-6-10(11)8-12-9(2)3/h9-10H,4-8H2,1-3H3. The van der Waals surface area contributed by atoms with Crippen LogP contribution in [-0.2, 0) is 4.74 Å². The summed E-state index contributed by atoms with van der Waals surface area (Å²) in [5.74, 6) is 0. The molecule has 0 radical (unpaired) electrons. The first-order valence-corrected chi connectivity index (χ1v) is 5.09. The van der Waals surface area contributed by atoms with Crippen molar-refractivity contribution in [3.63, 3.8) is 0 Å². The van der Waals surface area contributed by atoms with Crippen molar-refractivity contribution in [1.29, 1.82) is 0 Å². The highest BCUT2D eigenvalue weighted by molar-refractivity contribution is 4.77. The van der Waals surface area contributed by atoms with Crippen molar-refractivity contribution < 1.29 is 4.74 Å². The fraction of sp³-hybridized carbons (Fsp3) is 1.00. The van der Waals surface area contributed by atoms with Gasteiger partial charge in [0, 0.05) is 6.04 Å². The topological polar surface area (TPSA) is 12.5 Å². The van der Waals surface area contributed by atoms with Crippen molar-refractivity contribution in [1.82, 2.24) is 4.90 Å². The number of ether oxygens (including phenoxy) is 1. The van der Waals surface area contributed by atoms with Gasteiger partial charge in [0.2, 0.25) is 0 Å². The quantitative estimate of drug-likeness (QED) is 0.640. The number of nitrogens with zero attached hydrogens (tertiary/aromatic N) is 1. The maximum atomic E-state index is 5.62. The molecule has 2 nitrogen and oxygen atoms in total. The van der Waals surface area contributed by atoms with Gasteiger partial charge < -0.3 is 4.74 Å². The van der Waals surface area contributed by atoms with Gasteiger partial charge in [-0.15, -0.1) is 0 Å². The largest absolute Gasteiger partial charge is 0.377 e. The van der Waals surface area contributed by atoms with Gasteiger partial charge in [0.25, 0.3) is 0 Å². The third-order valence-corrected chi connectivity index (χ3v) is 2.53. The van der Waals surface area contributed by atoms with Gasteiger partial charge in [0.1, 0.15) is 0 Å². The number of rotatable bonds is 4. The summed E-state index contributed by atoms with van der Waals surface area (Å²) in [7, 11) is 0. The van der Waals surface area contributed by atoms with Gasteiger partial charge in [-0.05, 0) is 39.8 Å². The predicted molar refractivity (Wildman–Crippen MR) is 51.4 cm³/mol.